The molecule has 0 radical (unpaired) electrons. The highest BCUT2D eigenvalue weighted by Gasteiger charge is 2.37. The number of carbonyl (C=O) groups excluding carboxylic acids is 1. The summed E-state index contributed by atoms with van der Waals surface area (Å²) in [6.45, 7) is 4.80. The summed E-state index contributed by atoms with van der Waals surface area (Å²) < 4.78 is 0. The lowest BCUT2D eigenvalue weighted by Gasteiger charge is -2.17. The Morgan fingerprint density at radius 3 is 2.77 bits per heavy atom. The van der Waals surface area contributed by atoms with Gasteiger partial charge >= 0.3 is 0 Å². The maximum absolute atomic E-state index is 13.0. The van der Waals surface area contributed by atoms with Crippen LogP contribution in [-0.2, 0) is 11.2 Å². The molecular formula is C21H21N3O2. The van der Waals surface area contributed by atoms with Gasteiger partial charge in [0, 0.05) is 18.7 Å². The molecular weight excluding hydrogens is 326 g/mol. The standard InChI is InChI=1S/C21H21N3O2/c1-3-10-24-18-9-8-13(2)11-15(18)16(21(24)26)12-19-22-17-7-5-4-6-14(17)20(25)23-19/h4-9,11,16H,3,10,12H2,1-2H3,(H,22,23,25)/t16-/m1/s1. The van der Waals surface area contributed by atoms with Crippen LogP contribution in [0.1, 0.15) is 36.2 Å². The number of aromatic nitrogens is 2. The van der Waals surface area contributed by atoms with Gasteiger partial charge in [0.05, 0.1) is 16.8 Å². The largest absolute Gasteiger partial charge is 0.312 e. The molecule has 26 heavy (non-hydrogen) atoms. The molecule has 0 aliphatic carbocycles. The minimum atomic E-state index is -0.305. The Balaban J connectivity index is 1.76. The number of para-hydroxylation sites is 1. The van der Waals surface area contributed by atoms with Crippen LogP contribution in [0.2, 0.25) is 0 Å². The van der Waals surface area contributed by atoms with Crippen molar-refractivity contribution in [2.45, 2.75) is 32.6 Å². The van der Waals surface area contributed by atoms with Gasteiger partial charge in [0.2, 0.25) is 5.91 Å². The predicted molar refractivity (Wildman–Crippen MR) is 103 cm³/mol. The molecule has 4 rings (SSSR count). The van der Waals surface area contributed by atoms with Gasteiger partial charge in [-0.1, -0.05) is 36.8 Å². The first-order valence-corrected chi connectivity index (χ1v) is 8.98. The molecule has 0 bridgehead atoms. The number of nitrogens with one attached hydrogen (secondary N) is 1. The zero-order valence-corrected chi connectivity index (χ0v) is 15.0. The van der Waals surface area contributed by atoms with Gasteiger partial charge in [-0.05, 0) is 37.1 Å². The molecule has 1 atom stereocenters. The second kappa shape index (κ2) is 6.41. The lowest BCUT2D eigenvalue weighted by molar-refractivity contribution is -0.119. The van der Waals surface area contributed by atoms with E-state index in [2.05, 4.69) is 23.0 Å². The van der Waals surface area contributed by atoms with Gasteiger partial charge in [-0.3, -0.25) is 9.59 Å². The third-order valence-electron chi connectivity index (χ3n) is 4.92. The summed E-state index contributed by atoms with van der Waals surface area (Å²) in [7, 11) is 0. The van der Waals surface area contributed by atoms with E-state index in [-0.39, 0.29) is 17.4 Å². The van der Waals surface area contributed by atoms with Crippen LogP contribution in [0, 0.1) is 6.92 Å². The number of carbonyl (C=O) groups is 1. The molecule has 3 aromatic rings. The molecule has 132 valence electrons. The SMILES string of the molecule is CCCN1C(=O)[C@H](Cc2nc3ccccc3c(=O)[nH]2)c2cc(C)ccc21. The number of hydrogen-bond donors (Lipinski definition) is 1. The quantitative estimate of drug-likeness (QED) is 0.787. The number of benzene rings is 2. The Morgan fingerprint density at radius 1 is 1.15 bits per heavy atom. The number of aromatic amines is 1. The molecule has 0 spiro atoms. The van der Waals surface area contributed by atoms with Crippen molar-refractivity contribution < 1.29 is 4.79 Å². The van der Waals surface area contributed by atoms with E-state index in [1.54, 1.807) is 6.07 Å². The van der Waals surface area contributed by atoms with Gasteiger partial charge in [0.15, 0.2) is 0 Å². The van der Waals surface area contributed by atoms with E-state index >= 15 is 0 Å². The summed E-state index contributed by atoms with van der Waals surface area (Å²) in [5.74, 6) is 0.335. The van der Waals surface area contributed by atoms with E-state index < -0.39 is 0 Å². The highest BCUT2D eigenvalue weighted by atomic mass is 16.2. The second-order valence-electron chi connectivity index (χ2n) is 6.84. The zero-order chi connectivity index (χ0) is 18.3. The molecule has 1 aliphatic rings. The number of amides is 1. The molecule has 5 nitrogen and oxygen atoms in total. The molecule has 1 aromatic heterocycles. The van der Waals surface area contributed by atoms with Gasteiger partial charge in [-0.2, -0.15) is 0 Å². The van der Waals surface area contributed by atoms with E-state index in [0.717, 1.165) is 23.2 Å². The first kappa shape index (κ1) is 16.5. The fourth-order valence-electron chi connectivity index (χ4n) is 3.72. The number of aryl methyl sites for hydroxylation is 1. The van der Waals surface area contributed by atoms with Crippen molar-refractivity contribution in [1.29, 1.82) is 0 Å². The van der Waals surface area contributed by atoms with E-state index in [1.165, 1.54) is 0 Å². The monoisotopic (exact) mass is 347 g/mol. The predicted octanol–water partition coefficient (Wildman–Crippen LogP) is 3.31. The summed E-state index contributed by atoms with van der Waals surface area (Å²) in [4.78, 5) is 34.6. The normalized spacial score (nSPS) is 16.3. The maximum atomic E-state index is 13.0. The third-order valence-corrected chi connectivity index (χ3v) is 4.92. The average molecular weight is 347 g/mol. The van der Waals surface area contributed by atoms with Crippen LogP contribution in [0.4, 0.5) is 5.69 Å². The van der Waals surface area contributed by atoms with Crippen molar-refractivity contribution in [1.82, 2.24) is 9.97 Å². The first-order chi connectivity index (χ1) is 12.6. The highest BCUT2D eigenvalue weighted by Crippen LogP contribution is 2.39. The van der Waals surface area contributed by atoms with Gasteiger partial charge < -0.3 is 9.88 Å². The van der Waals surface area contributed by atoms with Crippen LogP contribution in [0.5, 0.6) is 0 Å². The fraction of sp³-hybridized carbons (Fsp3) is 0.286. The van der Waals surface area contributed by atoms with Gasteiger partial charge in [-0.25, -0.2) is 4.98 Å². The minimum Gasteiger partial charge on any atom is -0.312 e. The van der Waals surface area contributed by atoms with Gasteiger partial charge in [0.25, 0.3) is 5.56 Å². The Kier molecular flexibility index (Phi) is 4.07. The summed E-state index contributed by atoms with van der Waals surface area (Å²) in [5.41, 5.74) is 3.63. The Bertz CT molecular complexity index is 1050. The molecule has 2 aromatic carbocycles. The van der Waals surface area contributed by atoms with Crippen LogP contribution < -0.4 is 10.5 Å². The molecule has 1 aliphatic heterocycles. The van der Waals surface area contributed by atoms with E-state index in [0.29, 0.717) is 29.7 Å². The molecule has 1 amide bonds. The Hall–Kier alpha value is -2.95. The van der Waals surface area contributed by atoms with Crippen LogP contribution >= 0.6 is 0 Å². The number of rotatable bonds is 4. The molecule has 1 N–H and O–H groups in total. The lowest BCUT2D eigenvalue weighted by Crippen LogP contribution is -2.30. The second-order valence-corrected chi connectivity index (χ2v) is 6.84. The van der Waals surface area contributed by atoms with Crippen molar-refractivity contribution in [3.05, 3.63) is 69.8 Å². The van der Waals surface area contributed by atoms with E-state index in [9.17, 15) is 9.59 Å². The van der Waals surface area contributed by atoms with Crippen LogP contribution in [-0.4, -0.2) is 22.4 Å². The van der Waals surface area contributed by atoms with Crippen molar-refractivity contribution >= 4 is 22.5 Å². The first-order valence-electron chi connectivity index (χ1n) is 8.98. The maximum Gasteiger partial charge on any atom is 0.258 e. The van der Waals surface area contributed by atoms with Crippen molar-refractivity contribution in [2.75, 3.05) is 11.4 Å². The number of nitrogens with zero attached hydrogens (tertiary/aromatic N) is 2. The molecule has 0 saturated carbocycles. The molecule has 5 heteroatoms. The van der Waals surface area contributed by atoms with Crippen LogP contribution in [0.15, 0.2) is 47.3 Å². The zero-order valence-electron chi connectivity index (χ0n) is 15.0. The lowest BCUT2D eigenvalue weighted by atomic mass is 9.95. The van der Waals surface area contributed by atoms with Crippen molar-refractivity contribution in [3.63, 3.8) is 0 Å². The minimum absolute atomic E-state index is 0.0863. The number of hydrogen-bond acceptors (Lipinski definition) is 3. The Labute approximate surface area is 151 Å². The highest BCUT2D eigenvalue weighted by molar-refractivity contribution is 6.05. The van der Waals surface area contributed by atoms with Crippen LogP contribution in [0.25, 0.3) is 10.9 Å². The summed E-state index contributed by atoms with van der Waals surface area (Å²) in [5, 5.41) is 0.567. The molecule has 2 heterocycles. The number of anilines is 1. The topological polar surface area (TPSA) is 66.1 Å². The average Bonchev–Trinajstić information content (AvgIpc) is 2.87. The fourth-order valence-corrected chi connectivity index (χ4v) is 3.72. The molecule has 0 saturated heterocycles. The summed E-state index contributed by atoms with van der Waals surface area (Å²) in [6.07, 6.45) is 1.30. The van der Waals surface area contributed by atoms with E-state index in [4.69, 9.17) is 0 Å². The van der Waals surface area contributed by atoms with Crippen molar-refractivity contribution in [2.24, 2.45) is 0 Å². The van der Waals surface area contributed by atoms with Gasteiger partial charge in [-0.15, -0.1) is 0 Å². The number of fused-ring (bicyclic) bond motifs is 2. The number of H-pyrrole nitrogens is 1. The summed E-state index contributed by atoms with van der Waals surface area (Å²) >= 11 is 0. The smallest absolute Gasteiger partial charge is 0.258 e. The Morgan fingerprint density at radius 2 is 1.96 bits per heavy atom. The molecule has 0 unspecified atom stereocenters. The third kappa shape index (κ3) is 2.69. The van der Waals surface area contributed by atoms with E-state index in [1.807, 2.05) is 42.2 Å². The summed E-state index contributed by atoms with van der Waals surface area (Å²) in [6, 6.07) is 13.4. The molecule has 0 fully saturated rings. The van der Waals surface area contributed by atoms with Gasteiger partial charge in [0.1, 0.15) is 5.82 Å². The van der Waals surface area contributed by atoms with Crippen molar-refractivity contribution in [3.8, 4) is 0 Å². The van der Waals surface area contributed by atoms with Crippen LogP contribution in [0.3, 0.4) is 0 Å².